The lowest BCUT2D eigenvalue weighted by Gasteiger charge is -2.57. The summed E-state index contributed by atoms with van der Waals surface area (Å²) in [6.45, 7) is 1.13. The number of carbonyl (C=O) groups excluding carboxylic acids is 1. The van der Waals surface area contributed by atoms with E-state index in [1.807, 2.05) is 6.08 Å². The largest absolute Gasteiger partial charge is 0.393 e. The smallest absolute Gasteiger partial charge is 0.159 e. The molecule has 0 radical (unpaired) electrons. The third-order valence-electron chi connectivity index (χ3n) is 9.77. The third kappa shape index (κ3) is 3.56. The summed E-state index contributed by atoms with van der Waals surface area (Å²) in [5, 5.41) is 10.2. The van der Waals surface area contributed by atoms with Gasteiger partial charge in [-0.25, -0.2) is 0 Å². The number of allylic oxidation sites excluding steroid dienone is 1. The zero-order valence-electron chi connectivity index (χ0n) is 25.5. The Balaban J connectivity index is 1.47. The predicted octanol–water partition coefficient (Wildman–Crippen LogP) is 6.57. The van der Waals surface area contributed by atoms with Crippen LogP contribution in [0.4, 0.5) is 0 Å². The average Bonchev–Trinajstić information content (AvgIpc) is 3.10. The first-order chi connectivity index (χ1) is 16.5. The van der Waals surface area contributed by atoms with Gasteiger partial charge in [0.25, 0.3) is 0 Å². The van der Waals surface area contributed by atoms with Gasteiger partial charge in [-0.1, -0.05) is 59.3 Å². The molecule has 1 unspecified atom stereocenters. The lowest BCUT2D eigenvalue weighted by molar-refractivity contribution is -0.135. The fraction of sp³-hybridized carbons (Fsp3) is 0.889. The van der Waals surface area contributed by atoms with Gasteiger partial charge in [-0.05, 0) is 91.4 Å². The van der Waals surface area contributed by atoms with E-state index in [0.717, 1.165) is 44.1 Å². The van der Waals surface area contributed by atoms with Crippen molar-refractivity contribution < 1.29 is 19.5 Å². The summed E-state index contributed by atoms with van der Waals surface area (Å²) in [5.74, 6) is -0.800. The second kappa shape index (κ2) is 7.81. The van der Waals surface area contributed by atoms with Gasteiger partial charge in [0.1, 0.15) is 0 Å². The van der Waals surface area contributed by atoms with Crippen molar-refractivity contribution >= 4 is 5.78 Å². The Bertz CT molecular complexity index is 880. The van der Waals surface area contributed by atoms with E-state index in [9.17, 15) is 9.90 Å². The monoisotopic (exact) mass is 407 g/mol. The Labute approximate surface area is 188 Å². The van der Waals surface area contributed by atoms with Crippen LogP contribution in [0.15, 0.2) is 11.6 Å². The van der Waals surface area contributed by atoms with Crippen molar-refractivity contribution in [1.82, 2.24) is 0 Å². The Morgan fingerprint density at radius 2 is 1.97 bits per heavy atom. The van der Waals surface area contributed by atoms with E-state index in [1.54, 1.807) is 0 Å². The second-order valence-electron chi connectivity index (χ2n) is 11.2. The van der Waals surface area contributed by atoms with E-state index in [4.69, 9.17) is 9.60 Å². The molecule has 0 aromatic heterocycles. The number of hydrogen-bond donors (Lipinski definition) is 1. The molecular weight excluding hydrogens is 356 g/mol. The first-order valence-electron chi connectivity index (χ1n) is 15.4. The Morgan fingerprint density at radius 1 is 1.17 bits per heavy atom. The SMILES string of the molecule is [2H]C([2H])([2H])C([2H])(CCC[C@@H](C)C1CC[C@H]2[C@@H]3C(=O)C=C4C[C@@H](O)CC[C@]4(C)[C@H]3CC[C@]12C)C([2H])([2H])[2H]. The summed E-state index contributed by atoms with van der Waals surface area (Å²) in [6.07, 6.45) is 8.98. The van der Waals surface area contributed by atoms with Crippen LogP contribution in [0, 0.1) is 46.3 Å². The third-order valence-corrected chi connectivity index (χ3v) is 9.77. The van der Waals surface area contributed by atoms with Gasteiger partial charge in [0.2, 0.25) is 0 Å². The van der Waals surface area contributed by atoms with Gasteiger partial charge in [-0.2, -0.15) is 0 Å². The minimum absolute atomic E-state index is 0.00481. The molecule has 2 nitrogen and oxygen atoms in total. The van der Waals surface area contributed by atoms with E-state index in [-0.39, 0.29) is 41.0 Å². The summed E-state index contributed by atoms with van der Waals surface area (Å²) in [7, 11) is 0. The Kier molecular flexibility index (Phi) is 3.89. The highest BCUT2D eigenvalue weighted by Gasteiger charge is 2.61. The highest BCUT2D eigenvalue weighted by molar-refractivity contribution is 5.94. The predicted molar refractivity (Wildman–Crippen MR) is 119 cm³/mol. The zero-order valence-corrected chi connectivity index (χ0v) is 18.5. The van der Waals surface area contributed by atoms with Crippen LogP contribution in [0.2, 0.25) is 0 Å². The minimum Gasteiger partial charge on any atom is -0.393 e. The first-order valence-corrected chi connectivity index (χ1v) is 11.9. The van der Waals surface area contributed by atoms with Crippen molar-refractivity contribution in [2.45, 2.75) is 105 Å². The average molecular weight is 408 g/mol. The van der Waals surface area contributed by atoms with Crippen molar-refractivity contribution in [2.75, 3.05) is 0 Å². The fourth-order valence-corrected chi connectivity index (χ4v) is 8.16. The lowest BCUT2D eigenvalue weighted by Crippen LogP contribution is -2.53. The molecule has 4 rings (SSSR count). The highest BCUT2D eigenvalue weighted by Crippen LogP contribution is 2.66. The highest BCUT2D eigenvalue weighted by atomic mass is 16.3. The van der Waals surface area contributed by atoms with Gasteiger partial charge in [-0.3, -0.25) is 4.79 Å². The van der Waals surface area contributed by atoms with Crippen LogP contribution in [0.3, 0.4) is 0 Å². The van der Waals surface area contributed by atoms with E-state index >= 15 is 0 Å². The Hall–Kier alpha value is -0.630. The van der Waals surface area contributed by atoms with Gasteiger partial charge in [0, 0.05) is 15.5 Å². The molecule has 0 heterocycles. The summed E-state index contributed by atoms with van der Waals surface area (Å²) in [6, 6.07) is 0. The number of aliphatic hydroxyl groups is 1. The molecule has 1 N–H and O–H groups in total. The molecule has 0 bridgehead atoms. The Morgan fingerprint density at radius 3 is 2.72 bits per heavy atom. The van der Waals surface area contributed by atoms with E-state index in [2.05, 4.69) is 20.8 Å². The molecule has 8 atom stereocenters. The molecule has 2 heteroatoms. The first kappa shape index (κ1) is 14.4. The maximum absolute atomic E-state index is 13.5. The topological polar surface area (TPSA) is 37.3 Å². The van der Waals surface area contributed by atoms with Gasteiger partial charge < -0.3 is 5.11 Å². The number of carbonyl (C=O) groups is 1. The van der Waals surface area contributed by atoms with E-state index in [1.165, 1.54) is 0 Å². The molecular formula is C27H44O2. The molecule has 164 valence electrons. The molecule has 0 spiro atoms. The van der Waals surface area contributed by atoms with Gasteiger partial charge >= 0.3 is 0 Å². The number of fused-ring (bicyclic) bond motifs is 5. The van der Waals surface area contributed by atoms with Gasteiger partial charge in [0.15, 0.2) is 5.78 Å². The van der Waals surface area contributed by atoms with Crippen LogP contribution in [0.1, 0.15) is 108 Å². The number of hydrogen-bond acceptors (Lipinski definition) is 2. The summed E-state index contributed by atoms with van der Waals surface area (Å²) >= 11 is 0. The van der Waals surface area contributed by atoms with Crippen LogP contribution >= 0.6 is 0 Å². The normalized spacial score (nSPS) is 50.2. The minimum atomic E-state index is -2.86. The zero-order chi connectivity index (χ0) is 26.9. The van der Waals surface area contributed by atoms with Crippen LogP contribution in [0.5, 0.6) is 0 Å². The molecule has 0 aromatic rings. The van der Waals surface area contributed by atoms with Crippen LogP contribution in [0.25, 0.3) is 0 Å². The molecule has 0 amide bonds. The summed E-state index contributed by atoms with van der Waals surface area (Å²) in [4.78, 5) is 13.5. The number of aliphatic hydroxyl groups excluding tert-OH is 1. The molecule has 3 saturated carbocycles. The van der Waals surface area contributed by atoms with E-state index < -0.39 is 19.6 Å². The van der Waals surface area contributed by atoms with Crippen molar-refractivity contribution in [3.05, 3.63) is 11.6 Å². The summed E-state index contributed by atoms with van der Waals surface area (Å²) < 4.78 is 54.4. The standard InChI is InChI=1S/C27H44O2/c1-17(2)7-6-8-18(3)21-9-10-22-25-23(12-14-27(21,22)5)26(4)13-11-20(28)15-19(26)16-24(25)29/h16-18,20-23,25,28H,6-15H2,1-5H3/t18-,20+,21?,22+,23+,25+,26+,27-/m1/s1/i1D3,2D3,17D. The van der Waals surface area contributed by atoms with Crippen LogP contribution in [-0.2, 0) is 4.79 Å². The molecule has 0 aromatic carbocycles. The molecule has 0 aliphatic heterocycles. The van der Waals surface area contributed by atoms with Crippen molar-refractivity contribution in [3.8, 4) is 0 Å². The molecule has 3 fully saturated rings. The van der Waals surface area contributed by atoms with Gasteiger partial charge in [-0.15, -0.1) is 0 Å². The fourth-order valence-electron chi connectivity index (χ4n) is 8.16. The summed E-state index contributed by atoms with van der Waals surface area (Å²) in [5.41, 5.74) is 1.20. The molecule has 4 aliphatic carbocycles. The molecule has 29 heavy (non-hydrogen) atoms. The molecule has 4 aliphatic rings. The van der Waals surface area contributed by atoms with E-state index in [0.29, 0.717) is 37.0 Å². The van der Waals surface area contributed by atoms with Crippen molar-refractivity contribution in [1.29, 1.82) is 0 Å². The number of ketones is 1. The van der Waals surface area contributed by atoms with Gasteiger partial charge in [0.05, 0.1) is 6.10 Å². The number of rotatable bonds is 5. The van der Waals surface area contributed by atoms with Crippen LogP contribution < -0.4 is 0 Å². The molecule has 0 saturated heterocycles. The second-order valence-corrected chi connectivity index (χ2v) is 11.2. The maximum Gasteiger partial charge on any atom is 0.159 e. The lowest BCUT2D eigenvalue weighted by atomic mass is 9.46. The van der Waals surface area contributed by atoms with Crippen molar-refractivity contribution in [2.24, 2.45) is 46.3 Å². The van der Waals surface area contributed by atoms with Crippen LogP contribution in [-0.4, -0.2) is 17.0 Å². The maximum atomic E-state index is 13.5. The van der Waals surface area contributed by atoms with Crippen molar-refractivity contribution in [3.63, 3.8) is 0 Å². The quantitative estimate of drug-likeness (QED) is 0.560.